The van der Waals surface area contributed by atoms with Crippen LogP contribution < -0.4 is 10.2 Å². The van der Waals surface area contributed by atoms with Crippen molar-refractivity contribution in [1.29, 1.82) is 0 Å². The quantitative estimate of drug-likeness (QED) is 0.702. The van der Waals surface area contributed by atoms with Crippen LogP contribution in [-0.2, 0) is 4.79 Å². The molecule has 0 radical (unpaired) electrons. The number of hydrogen-bond donors (Lipinski definition) is 1. The Morgan fingerprint density at radius 1 is 1.04 bits per heavy atom. The molecule has 6 nitrogen and oxygen atoms in total. The van der Waals surface area contributed by atoms with E-state index in [1.54, 1.807) is 4.90 Å². The Bertz CT molecular complexity index is 590. The van der Waals surface area contributed by atoms with Crippen LogP contribution in [0.3, 0.4) is 0 Å². The number of benzene rings is 1. The molecular formula is C19H28N4O2S. The van der Waals surface area contributed by atoms with E-state index < -0.39 is 0 Å². The zero-order valence-corrected chi connectivity index (χ0v) is 16.0. The standard InChI is InChI=1S/C19H28N4O2S/c24-18(7-10-23-15-16-26-19(23)25)20-8-4-9-21-11-13-22(14-12-21)17-5-2-1-3-6-17/h1-3,5-6H,4,7-16H2,(H,20,24). The zero-order chi connectivity index (χ0) is 18.2. The van der Waals surface area contributed by atoms with Crippen molar-refractivity contribution in [3.63, 3.8) is 0 Å². The monoisotopic (exact) mass is 376 g/mol. The van der Waals surface area contributed by atoms with Crippen LogP contribution >= 0.6 is 11.8 Å². The molecule has 0 unspecified atom stereocenters. The molecule has 0 saturated carbocycles. The average molecular weight is 377 g/mol. The van der Waals surface area contributed by atoms with E-state index in [0.717, 1.165) is 51.4 Å². The second-order valence-corrected chi connectivity index (χ2v) is 7.77. The fourth-order valence-electron chi connectivity index (χ4n) is 3.35. The van der Waals surface area contributed by atoms with Crippen molar-refractivity contribution >= 4 is 28.6 Å². The third-order valence-corrected chi connectivity index (χ3v) is 5.81. The number of nitrogens with one attached hydrogen (secondary N) is 1. The van der Waals surface area contributed by atoms with Crippen molar-refractivity contribution in [1.82, 2.24) is 15.1 Å². The number of hydrogen-bond acceptors (Lipinski definition) is 5. The third kappa shape index (κ3) is 5.64. The second kappa shape index (κ2) is 9.83. The van der Waals surface area contributed by atoms with Gasteiger partial charge >= 0.3 is 0 Å². The van der Waals surface area contributed by atoms with Crippen LogP contribution in [0.5, 0.6) is 0 Å². The van der Waals surface area contributed by atoms with Crippen LogP contribution in [0.25, 0.3) is 0 Å². The minimum absolute atomic E-state index is 0.0450. The largest absolute Gasteiger partial charge is 0.369 e. The van der Waals surface area contributed by atoms with Gasteiger partial charge in [0.2, 0.25) is 5.91 Å². The predicted octanol–water partition coefficient (Wildman–Crippen LogP) is 1.87. The molecule has 1 N–H and O–H groups in total. The Balaban J connectivity index is 1.24. The Kier molecular flexibility index (Phi) is 7.20. The van der Waals surface area contributed by atoms with E-state index in [1.165, 1.54) is 17.4 Å². The number of amides is 2. The first-order valence-electron chi connectivity index (χ1n) is 9.43. The number of carbonyl (C=O) groups is 2. The molecule has 2 fully saturated rings. The van der Waals surface area contributed by atoms with Crippen molar-refractivity contribution in [2.45, 2.75) is 12.8 Å². The topological polar surface area (TPSA) is 55.9 Å². The van der Waals surface area contributed by atoms with Gasteiger partial charge in [-0.1, -0.05) is 30.0 Å². The second-order valence-electron chi connectivity index (χ2n) is 6.72. The van der Waals surface area contributed by atoms with Crippen molar-refractivity contribution in [3.8, 4) is 0 Å². The highest BCUT2D eigenvalue weighted by Crippen LogP contribution is 2.17. The lowest BCUT2D eigenvalue weighted by molar-refractivity contribution is -0.121. The maximum absolute atomic E-state index is 11.9. The number of thioether (sulfide) groups is 1. The lowest BCUT2D eigenvalue weighted by Gasteiger charge is -2.36. The van der Waals surface area contributed by atoms with Crippen molar-refractivity contribution in [2.75, 3.05) is 63.0 Å². The maximum atomic E-state index is 11.9. The molecule has 26 heavy (non-hydrogen) atoms. The first kappa shape index (κ1) is 19.0. The molecule has 0 spiro atoms. The molecule has 2 amide bonds. The van der Waals surface area contributed by atoms with Gasteiger partial charge in [-0.25, -0.2) is 0 Å². The number of piperazine rings is 1. The number of para-hydroxylation sites is 1. The molecular weight excluding hydrogens is 348 g/mol. The van der Waals surface area contributed by atoms with Gasteiger partial charge in [-0.15, -0.1) is 0 Å². The zero-order valence-electron chi connectivity index (χ0n) is 15.2. The van der Waals surface area contributed by atoms with Gasteiger partial charge in [0, 0.05) is 63.7 Å². The summed E-state index contributed by atoms with van der Waals surface area (Å²) >= 11 is 1.34. The molecule has 3 rings (SSSR count). The summed E-state index contributed by atoms with van der Waals surface area (Å²) in [5.74, 6) is 0.890. The van der Waals surface area contributed by atoms with Gasteiger partial charge < -0.3 is 15.1 Å². The van der Waals surface area contributed by atoms with E-state index in [4.69, 9.17) is 0 Å². The Hall–Kier alpha value is -1.73. The highest BCUT2D eigenvalue weighted by Gasteiger charge is 2.21. The normalized spacial score (nSPS) is 18.4. The van der Waals surface area contributed by atoms with Crippen LogP contribution in [0.2, 0.25) is 0 Å². The highest BCUT2D eigenvalue weighted by atomic mass is 32.2. The molecule has 0 aliphatic carbocycles. The summed E-state index contributed by atoms with van der Waals surface area (Å²) < 4.78 is 0. The SMILES string of the molecule is O=C(CCN1CCSC1=O)NCCCN1CCN(c2ccccc2)CC1. The van der Waals surface area contributed by atoms with E-state index >= 15 is 0 Å². The Labute approximate surface area is 159 Å². The molecule has 2 aliphatic heterocycles. The third-order valence-electron chi connectivity index (χ3n) is 4.92. The number of nitrogens with zero attached hydrogens (tertiary/aromatic N) is 3. The minimum Gasteiger partial charge on any atom is -0.369 e. The fourth-order valence-corrected chi connectivity index (χ4v) is 4.20. The predicted molar refractivity (Wildman–Crippen MR) is 107 cm³/mol. The number of anilines is 1. The molecule has 0 aromatic heterocycles. The molecule has 142 valence electrons. The summed E-state index contributed by atoms with van der Waals surface area (Å²) in [5.41, 5.74) is 1.30. The van der Waals surface area contributed by atoms with E-state index in [-0.39, 0.29) is 11.1 Å². The average Bonchev–Trinajstić information content (AvgIpc) is 3.10. The van der Waals surface area contributed by atoms with Gasteiger partial charge in [0.1, 0.15) is 0 Å². The Morgan fingerprint density at radius 3 is 2.50 bits per heavy atom. The van der Waals surface area contributed by atoms with Crippen LogP contribution in [0, 0.1) is 0 Å². The maximum Gasteiger partial charge on any atom is 0.281 e. The van der Waals surface area contributed by atoms with Gasteiger partial charge in [0.15, 0.2) is 0 Å². The van der Waals surface area contributed by atoms with Crippen LogP contribution in [0.4, 0.5) is 10.5 Å². The fraction of sp³-hybridized carbons (Fsp3) is 0.579. The summed E-state index contributed by atoms with van der Waals surface area (Å²) in [6.45, 7) is 7.28. The van der Waals surface area contributed by atoms with E-state index in [2.05, 4.69) is 45.4 Å². The Morgan fingerprint density at radius 2 is 1.81 bits per heavy atom. The molecule has 2 saturated heterocycles. The smallest absolute Gasteiger partial charge is 0.281 e. The highest BCUT2D eigenvalue weighted by molar-refractivity contribution is 8.13. The molecule has 2 aliphatic rings. The molecule has 1 aromatic rings. The summed E-state index contributed by atoms with van der Waals surface area (Å²) in [7, 11) is 0. The van der Waals surface area contributed by atoms with E-state index in [9.17, 15) is 9.59 Å². The summed E-state index contributed by atoms with van der Waals surface area (Å²) in [4.78, 5) is 30.0. The summed E-state index contributed by atoms with van der Waals surface area (Å²) in [6.07, 6.45) is 1.37. The van der Waals surface area contributed by atoms with Gasteiger partial charge in [-0.05, 0) is 25.1 Å². The van der Waals surface area contributed by atoms with Gasteiger partial charge in [0.05, 0.1) is 0 Å². The van der Waals surface area contributed by atoms with Gasteiger partial charge in [-0.3, -0.25) is 14.5 Å². The van der Waals surface area contributed by atoms with Crippen molar-refractivity contribution in [2.24, 2.45) is 0 Å². The van der Waals surface area contributed by atoms with Gasteiger partial charge in [0.25, 0.3) is 5.24 Å². The summed E-state index contributed by atoms with van der Waals surface area (Å²) in [6, 6.07) is 10.6. The number of carbonyl (C=O) groups excluding carboxylic acids is 2. The first-order chi connectivity index (χ1) is 12.7. The van der Waals surface area contributed by atoms with Gasteiger partial charge in [-0.2, -0.15) is 0 Å². The van der Waals surface area contributed by atoms with Crippen molar-refractivity contribution in [3.05, 3.63) is 30.3 Å². The first-order valence-corrected chi connectivity index (χ1v) is 10.4. The molecule has 1 aromatic carbocycles. The van der Waals surface area contributed by atoms with Crippen LogP contribution in [0.15, 0.2) is 30.3 Å². The van der Waals surface area contributed by atoms with Crippen molar-refractivity contribution < 1.29 is 9.59 Å². The molecule has 2 heterocycles. The minimum atomic E-state index is 0.0450. The molecule has 7 heteroatoms. The van der Waals surface area contributed by atoms with E-state index in [1.807, 2.05) is 0 Å². The van der Waals surface area contributed by atoms with Crippen LogP contribution in [-0.4, -0.2) is 79.1 Å². The lowest BCUT2D eigenvalue weighted by atomic mass is 10.2. The van der Waals surface area contributed by atoms with Crippen LogP contribution in [0.1, 0.15) is 12.8 Å². The molecule has 0 atom stereocenters. The van der Waals surface area contributed by atoms with E-state index in [0.29, 0.717) is 19.5 Å². The number of rotatable bonds is 8. The molecule has 0 bridgehead atoms. The lowest BCUT2D eigenvalue weighted by Crippen LogP contribution is -2.47. The summed E-state index contributed by atoms with van der Waals surface area (Å²) in [5, 5.41) is 3.08.